The van der Waals surface area contributed by atoms with Crippen LogP contribution in [0, 0.1) is 6.92 Å². The summed E-state index contributed by atoms with van der Waals surface area (Å²) < 4.78 is 46.6. The third kappa shape index (κ3) is 1.84. The minimum absolute atomic E-state index is 0.148. The second-order valence-corrected chi connectivity index (χ2v) is 4.72. The fraction of sp³-hybridized carbons (Fsp3) is 0.250. The molecule has 1 aromatic carbocycles. The minimum Gasteiger partial charge on any atom is -0.399 e. The molecule has 6 heteroatoms. The van der Waals surface area contributed by atoms with E-state index in [0.717, 1.165) is 6.07 Å². The molecule has 2 N–H and O–H groups in total. The predicted octanol–water partition coefficient (Wildman–Crippen LogP) is 1.57. The Morgan fingerprint density at radius 1 is 1.36 bits per heavy atom. The maximum Gasteiger partial charge on any atom is 0.341 e. The summed E-state index contributed by atoms with van der Waals surface area (Å²) in [4.78, 5) is -0.410. The van der Waals surface area contributed by atoms with Gasteiger partial charge < -0.3 is 5.73 Å². The van der Waals surface area contributed by atoms with Crippen LogP contribution < -0.4 is 5.73 Å². The van der Waals surface area contributed by atoms with Gasteiger partial charge >= 0.3 is 5.76 Å². The molecule has 3 nitrogen and oxygen atoms in total. The summed E-state index contributed by atoms with van der Waals surface area (Å²) in [5.74, 6) is -3.41. The van der Waals surface area contributed by atoms with E-state index in [4.69, 9.17) is 5.73 Å². The summed E-state index contributed by atoms with van der Waals surface area (Å²) in [5, 5.41) is 0. The minimum atomic E-state index is -4.54. The van der Waals surface area contributed by atoms with Gasteiger partial charge in [0.1, 0.15) is 0 Å². The van der Waals surface area contributed by atoms with Gasteiger partial charge in [0.2, 0.25) is 9.84 Å². The number of benzene rings is 1. The lowest BCUT2D eigenvalue weighted by atomic mass is 10.2. The van der Waals surface area contributed by atoms with Gasteiger partial charge in [-0.05, 0) is 24.6 Å². The first-order chi connectivity index (χ1) is 6.35. The second-order valence-electron chi connectivity index (χ2n) is 2.83. The van der Waals surface area contributed by atoms with E-state index >= 15 is 0 Å². The quantitative estimate of drug-likeness (QED) is 0.771. The van der Waals surface area contributed by atoms with Gasteiger partial charge in [-0.1, -0.05) is 6.07 Å². The van der Waals surface area contributed by atoms with E-state index in [2.05, 4.69) is 0 Å². The topological polar surface area (TPSA) is 60.2 Å². The summed E-state index contributed by atoms with van der Waals surface area (Å²) in [7, 11) is -4.54. The summed E-state index contributed by atoms with van der Waals surface area (Å²) in [6, 6.07) is 3.89. The van der Waals surface area contributed by atoms with E-state index in [1.807, 2.05) is 0 Å². The van der Waals surface area contributed by atoms with Crippen molar-refractivity contribution in [3.8, 4) is 0 Å². The lowest BCUT2D eigenvalue weighted by Crippen LogP contribution is -2.13. The summed E-state index contributed by atoms with van der Waals surface area (Å²) in [6.45, 7) is 1.44. The maximum atomic E-state index is 12.2. The molecule has 1 aromatic rings. The van der Waals surface area contributed by atoms with Crippen molar-refractivity contribution < 1.29 is 17.2 Å². The second kappa shape index (κ2) is 3.53. The zero-order valence-electron chi connectivity index (χ0n) is 7.37. The van der Waals surface area contributed by atoms with Gasteiger partial charge in [-0.2, -0.15) is 8.78 Å². The summed E-state index contributed by atoms with van der Waals surface area (Å²) in [5.41, 5.74) is 5.73. The number of halogens is 2. The molecular weight excluding hydrogens is 212 g/mol. The van der Waals surface area contributed by atoms with E-state index in [1.165, 1.54) is 19.1 Å². The molecule has 0 atom stereocenters. The number of sulfone groups is 1. The van der Waals surface area contributed by atoms with Crippen LogP contribution in [-0.4, -0.2) is 14.2 Å². The molecule has 0 aliphatic carbocycles. The number of hydrogen-bond donors (Lipinski definition) is 1. The van der Waals surface area contributed by atoms with Crippen molar-refractivity contribution in [2.75, 3.05) is 5.73 Å². The van der Waals surface area contributed by atoms with Crippen LogP contribution in [0.25, 0.3) is 0 Å². The molecule has 0 aliphatic heterocycles. The van der Waals surface area contributed by atoms with Crippen LogP contribution >= 0.6 is 0 Å². The summed E-state index contributed by atoms with van der Waals surface area (Å²) in [6.07, 6.45) is 0. The van der Waals surface area contributed by atoms with Crippen molar-refractivity contribution in [1.29, 1.82) is 0 Å². The normalized spacial score (nSPS) is 12.0. The van der Waals surface area contributed by atoms with E-state index in [0.29, 0.717) is 0 Å². The maximum absolute atomic E-state index is 12.2. The Morgan fingerprint density at radius 2 is 1.93 bits per heavy atom. The molecule has 0 unspecified atom stereocenters. The SMILES string of the molecule is Cc1ccc(N)cc1S(=O)(=O)C(F)F. The predicted molar refractivity (Wildman–Crippen MR) is 48.8 cm³/mol. The van der Waals surface area contributed by atoms with Crippen molar-refractivity contribution in [2.45, 2.75) is 17.6 Å². The van der Waals surface area contributed by atoms with Gasteiger partial charge in [-0.3, -0.25) is 0 Å². The van der Waals surface area contributed by atoms with E-state index in [1.54, 1.807) is 0 Å². The van der Waals surface area contributed by atoms with Crippen LogP contribution in [0.1, 0.15) is 5.56 Å². The molecule has 0 fully saturated rings. The molecule has 0 aliphatic rings. The van der Waals surface area contributed by atoms with E-state index < -0.39 is 20.5 Å². The first kappa shape index (κ1) is 10.9. The molecule has 14 heavy (non-hydrogen) atoms. The molecule has 0 amide bonds. The van der Waals surface area contributed by atoms with Crippen LogP contribution in [0.3, 0.4) is 0 Å². The molecule has 0 heterocycles. The number of rotatable bonds is 2. The Hall–Kier alpha value is -1.17. The van der Waals surface area contributed by atoms with Gasteiger partial charge in [0.25, 0.3) is 0 Å². The summed E-state index contributed by atoms with van der Waals surface area (Å²) >= 11 is 0. The zero-order valence-corrected chi connectivity index (χ0v) is 8.18. The van der Waals surface area contributed by atoms with E-state index in [9.17, 15) is 17.2 Å². The lowest BCUT2D eigenvalue weighted by molar-refractivity contribution is 0.234. The first-order valence-corrected chi connectivity index (χ1v) is 5.28. The van der Waals surface area contributed by atoms with Crippen LogP contribution in [0.2, 0.25) is 0 Å². The van der Waals surface area contributed by atoms with Gasteiger partial charge in [-0.25, -0.2) is 8.42 Å². The van der Waals surface area contributed by atoms with Gasteiger partial charge in [0.15, 0.2) is 0 Å². The Labute approximate surface area is 80.5 Å². The molecule has 78 valence electrons. The highest BCUT2D eigenvalue weighted by atomic mass is 32.2. The molecule has 0 radical (unpaired) electrons. The fourth-order valence-electron chi connectivity index (χ4n) is 1.02. The highest BCUT2D eigenvalue weighted by Gasteiger charge is 2.28. The molecule has 0 spiro atoms. The molecule has 0 aromatic heterocycles. The highest BCUT2D eigenvalue weighted by Crippen LogP contribution is 2.23. The van der Waals surface area contributed by atoms with Crippen molar-refractivity contribution >= 4 is 15.5 Å². The van der Waals surface area contributed by atoms with Gasteiger partial charge in [-0.15, -0.1) is 0 Å². The Kier molecular flexibility index (Phi) is 2.75. The number of alkyl halides is 2. The average molecular weight is 221 g/mol. The molecule has 1 rings (SSSR count). The van der Waals surface area contributed by atoms with Crippen LogP contribution in [0.4, 0.5) is 14.5 Å². The Balaban J connectivity index is 3.40. The molecule has 0 saturated carbocycles. The standard InChI is InChI=1S/C8H9F2NO2S/c1-5-2-3-6(11)4-7(5)14(12,13)8(9)10/h2-4,8H,11H2,1H3. The average Bonchev–Trinajstić information content (AvgIpc) is 2.08. The fourth-order valence-corrected chi connectivity index (χ4v) is 2.03. The number of hydrogen-bond acceptors (Lipinski definition) is 3. The van der Waals surface area contributed by atoms with Crippen molar-refractivity contribution in [2.24, 2.45) is 0 Å². The van der Waals surface area contributed by atoms with Crippen LogP contribution in [0.5, 0.6) is 0 Å². The first-order valence-electron chi connectivity index (χ1n) is 3.74. The van der Waals surface area contributed by atoms with Crippen molar-refractivity contribution in [3.05, 3.63) is 23.8 Å². The molecule has 0 saturated heterocycles. The number of nitrogen functional groups attached to an aromatic ring is 1. The van der Waals surface area contributed by atoms with Crippen LogP contribution in [0.15, 0.2) is 23.1 Å². The largest absolute Gasteiger partial charge is 0.399 e. The Bertz CT molecular complexity index is 443. The smallest absolute Gasteiger partial charge is 0.341 e. The molecule has 0 bridgehead atoms. The number of nitrogens with two attached hydrogens (primary N) is 1. The van der Waals surface area contributed by atoms with Crippen LogP contribution in [-0.2, 0) is 9.84 Å². The highest BCUT2D eigenvalue weighted by molar-refractivity contribution is 7.91. The van der Waals surface area contributed by atoms with Crippen molar-refractivity contribution in [3.63, 3.8) is 0 Å². The lowest BCUT2D eigenvalue weighted by Gasteiger charge is -2.06. The third-order valence-electron chi connectivity index (χ3n) is 1.75. The third-order valence-corrected chi connectivity index (χ3v) is 3.28. The number of aryl methyl sites for hydroxylation is 1. The van der Waals surface area contributed by atoms with Crippen molar-refractivity contribution in [1.82, 2.24) is 0 Å². The van der Waals surface area contributed by atoms with Gasteiger partial charge in [0.05, 0.1) is 4.90 Å². The zero-order chi connectivity index (χ0) is 10.9. The monoisotopic (exact) mass is 221 g/mol. The Morgan fingerprint density at radius 3 is 2.43 bits per heavy atom. The van der Waals surface area contributed by atoms with Gasteiger partial charge in [0, 0.05) is 5.69 Å². The number of anilines is 1. The van der Waals surface area contributed by atoms with E-state index in [-0.39, 0.29) is 11.3 Å². The molecular formula is C8H9F2NO2S.